The van der Waals surface area contributed by atoms with Crippen molar-refractivity contribution in [1.29, 1.82) is 0 Å². The first-order valence-electron chi connectivity index (χ1n) is 4.17. The van der Waals surface area contributed by atoms with E-state index >= 15 is 0 Å². The molecule has 1 aromatic heterocycles. The molecule has 1 aliphatic heterocycles. The molecule has 6 heteroatoms. The molecule has 2 heterocycles. The number of aromatic nitrogens is 2. The van der Waals surface area contributed by atoms with Gasteiger partial charge in [-0.3, -0.25) is 4.98 Å². The zero-order chi connectivity index (χ0) is 8.39. The van der Waals surface area contributed by atoms with E-state index in [-0.39, 0.29) is 34.0 Å². The Balaban J connectivity index is 0.000000845. The van der Waals surface area contributed by atoms with E-state index in [0.29, 0.717) is 5.82 Å². The van der Waals surface area contributed by atoms with Crippen molar-refractivity contribution in [3.8, 4) is 0 Å². The minimum Gasteiger partial charge on any atom is -0.382 e. The lowest BCUT2D eigenvalue weighted by Crippen LogP contribution is -2.16. The van der Waals surface area contributed by atoms with Crippen molar-refractivity contribution in [2.24, 2.45) is 0 Å². The highest BCUT2D eigenvalue weighted by atomic mass is 79.9. The third-order valence-corrected chi connectivity index (χ3v) is 2.03. The molecule has 0 atom stereocenters. The summed E-state index contributed by atoms with van der Waals surface area (Å²) in [7, 11) is 0. The maximum absolute atomic E-state index is 5.54. The topological polar surface area (TPSA) is 63.8 Å². The Labute approximate surface area is 104 Å². The Bertz CT molecular complexity index is 293. The van der Waals surface area contributed by atoms with Gasteiger partial charge in [0.15, 0.2) is 0 Å². The van der Waals surface area contributed by atoms with E-state index in [1.807, 2.05) is 0 Å². The third-order valence-electron chi connectivity index (χ3n) is 2.03. The number of nitrogen functional groups attached to an aromatic ring is 1. The summed E-state index contributed by atoms with van der Waals surface area (Å²) in [4.78, 5) is 8.50. The predicted molar refractivity (Wildman–Crippen MR) is 67.4 cm³/mol. The third kappa shape index (κ3) is 3.18. The molecular formula is C8H14Br2N4. The summed E-state index contributed by atoms with van der Waals surface area (Å²) in [6, 6.07) is 0. The van der Waals surface area contributed by atoms with Crippen LogP contribution in [0.1, 0.15) is 11.4 Å². The number of anilines is 1. The van der Waals surface area contributed by atoms with Crippen molar-refractivity contribution < 1.29 is 0 Å². The van der Waals surface area contributed by atoms with Gasteiger partial charge in [0, 0.05) is 25.9 Å². The van der Waals surface area contributed by atoms with Gasteiger partial charge in [-0.1, -0.05) is 0 Å². The monoisotopic (exact) mass is 324 g/mol. The second-order valence-corrected chi connectivity index (χ2v) is 2.94. The van der Waals surface area contributed by atoms with Gasteiger partial charge in [0.05, 0.1) is 17.6 Å². The Kier molecular flexibility index (Phi) is 6.22. The Hall–Kier alpha value is -0.200. The quantitative estimate of drug-likeness (QED) is 0.744. The first-order chi connectivity index (χ1) is 5.86. The summed E-state index contributed by atoms with van der Waals surface area (Å²) in [6.07, 6.45) is 3.53. The molecule has 4 nitrogen and oxygen atoms in total. The van der Waals surface area contributed by atoms with E-state index in [0.717, 1.165) is 37.3 Å². The molecule has 80 valence electrons. The minimum absolute atomic E-state index is 0. The van der Waals surface area contributed by atoms with Gasteiger partial charge >= 0.3 is 0 Å². The van der Waals surface area contributed by atoms with Crippen LogP contribution in [0.3, 0.4) is 0 Å². The lowest BCUT2D eigenvalue weighted by atomic mass is 10.2. The Morgan fingerprint density at radius 2 is 1.79 bits per heavy atom. The van der Waals surface area contributed by atoms with E-state index < -0.39 is 0 Å². The number of hydrogen-bond acceptors (Lipinski definition) is 4. The van der Waals surface area contributed by atoms with Crippen LogP contribution in [0.4, 0.5) is 5.82 Å². The van der Waals surface area contributed by atoms with Crippen LogP contribution < -0.4 is 11.1 Å². The smallest absolute Gasteiger partial charge is 0.142 e. The normalized spacial score (nSPS) is 14.3. The van der Waals surface area contributed by atoms with E-state index in [2.05, 4.69) is 15.3 Å². The zero-order valence-electron chi connectivity index (χ0n) is 7.69. The average molecular weight is 326 g/mol. The van der Waals surface area contributed by atoms with E-state index in [9.17, 15) is 0 Å². The summed E-state index contributed by atoms with van der Waals surface area (Å²) < 4.78 is 0. The minimum atomic E-state index is 0. The molecule has 0 saturated heterocycles. The van der Waals surface area contributed by atoms with Crippen molar-refractivity contribution in [2.75, 3.05) is 18.8 Å². The number of hydrogen-bond donors (Lipinski definition) is 2. The molecule has 0 fully saturated rings. The predicted octanol–water partition coefficient (Wildman–Crippen LogP) is 0.903. The van der Waals surface area contributed by atoms with Crippen LogP contribution in [-0.4, -0.2) is 23.1 Å². The highest BCUT2D eigenvalue weighted by molar-refractivity contribution is 8.93. The molecule has 0 aromatic carbocycles. The van der Waals surface area contributed by atoms with Crippen LogP contribution in [0, 0.1) is 0 Å². The highest BCUT2D eigenvalue weighted by Gasteiger charge is 2.09. The standard InChI is InChI=1S/C8H12N4.2BrH/c9-8-5-11-6-1-3-10-4-2-7(6)12-8;;/h5,10H,1-4H2,(H2,9,12);2*1H. The maximum Gasteiger partial charge on any atom is 0.142 e. The van der Waals surface area contributed by atoms with Crippen molar-refractivity contribution in [2.45, 2.75) is 12.8 Å². The number of fused-ring (bicyclic) bond motifs is 1. The van der Waals surface area contributed by atoms with Gasteiger partial charge in [-0.25, -0.2) is 4.98 Å². The van der Waals surface area contributed by atoms with E-state index in [4.69, 9.17) is 5.73 Å². The average Bonchev–Trinajstić information content (AvgIpc) is 2.28. The molecule has 3 N–H and O–H groups in total. The lowest BCUT2D eigenvalue weighted by molar-refractivity contribution is 0.706. The number of halogens is 2. The first-order valence-corrected chi connectivity index (χ1v) is 4.17. The molecule has 1 aromatic rings. The fourth-order valence-corrected chi connectivity index (χ4v) is 1.42. The fraction of sp³-hybridized carbons (Fsp3) is 0.500. The summed E-state index contributed by atoms with van der Waals surface area (Å²) in [5.41, 5.74) is 7.69. The largest absolute Gasteiger partial charge is 0.382 e. The number of nitrogens with zero attached hydrogens (tertiary/aromatic N) is 2. The number of nitrogens with two attached hydrogens (primary N) is 1. The Morgan fingerprint density at radius 3 is 2.50 bits per heavy atom. The second-order valence-electron chi connectivity index (χ2n) is 2.94. The fourth-order valence-electron chi connectivity index (χ4n) is 1.42. The van der Waals surface area contributed by atoms with Crippen LogP contribution in [0.5, 0.6) is 0 Å². The van der Waals surface area contributed by atoms with Crippen LogP contribution in [0.15, 0.2) is 6.20 Å². The van der Waals surface area contributed by atoms with Gasteiger partial charge < -0.3 is 11.1 Å². The van der Waals surface area contributed by atoms with Crippen LogP contribution >= 0.6 is 34.0 Å². The van der Waals surface area contributed by atoms with Crippen molar-refractivity contribution in [3.05, 3.63) is 17.6 Å². The highest BCUT2D eigenvalue weighted by Crippen LogP contribution is 2.08. The second kappa shape index (κ2) is 6.31. The summed E-state index contributed by atoms with van der Waals surface area (Å²) in [6.45, 7) is 1.97. The van der Waals surface area contributed by atoms with Gasteiger partial charge in [-0.05, 0) is 0 Å². The van der Waals surface area contributed by atoms with Gasteiger partial charge in [0.2, 0.25) is 0 Å². The van der Waals surface area contributed by atoms with Crippen LogP contribution in [0.2, 0.25) is 0 Å². The molecule has 0 unspecified atom stereocenters. The maximum atomic E-state index is 5.54. The summed E-state index contributed by atoms with van der Waals surface area (Å²) in [5, 5.41) is 3.29. The lowest BCUT2D eigenvalue weighted by Gasteiger charge is -2.02. The first kappa shape index (κ1) is 13.8. The Morgan fingerprint density at radius 1 is 1.14 bits per heavy atom. The number of nitrogens with one attached hydrogen (secondary N) is 1. The van der Waals surface area contributed by atoms with Crippen molar-refractivity contribution in [1.82, 2.24) is 15.3 Å². The molecule has 0 saturated carbocycles. The van der Waals surface area contributed by atoms with Gasteiger partial charge in [-0.15, -0.1) is 34.0 Å². The van der Waals surface area contributed by atoms with E-state index in [1.165, 1.54) is 0 Å². The van der Waals surface area contributed by atoms with Crippen LogP contribution in [-0.2, 0) is 12.8 Å². The summed E-state index contributed by atoms with van der Waals surface area (Å²) in [5.74, 6) is 0.524. The molecular weight excluding hydrogens is 312 g/mol. The van der Waals surface area contributed by atoms with Crippen molar-refractivity contribution >= 4 is 39.8 Å². The number of rotatable bonds is 0. The molecule has 2 rings (SSSR count). The zero-order valence-corrected chi connectivity index (χ0v) is 11.1. The SMILES string of the molecule is Br.Br.Nc1cnc2c(n1)CCNCC2. The van der Waals surface area contributed by atoms with Crippen molar-refractivity contribution in [3.63, 3.8) is 0 Å². The molecule has 1 aliphatic rings. The molecule has 0 amide bonds. The summed E-state index contributed by atoms with van der Waals surface area (Å²) >= 11 is 0. The van der Waals surface area contributed by atoms with Crippen LogP contribution in [0.25, 0.3) is 0 Å². The molecule has 0 aliphatic carbocycles. The molecule has 0 radical (unpaired) electrons. The van der Waals surface area contributed by atoms with Gasteiger partial charge in [-0.2, -0.15) is 0 Å². The van der Waals surface area contributed by atoms with Gasteiger partial charge in [0.1, 0.15) is 5.82 Å². The van der Waals surface area contributed by atoms with E-state index in [1.54, 1.807) is 6.20 Å². The molecule has 14 heavy (non-hydrogen) atoms. The van der Waals surface area contributed by atoms with Gasteiger partial charge in [0.25, 0.3) is 0 Å². The molecule has 0 bridgehead atoms. The molecule has 0 spiro atoms.